The molecular formula is C22H27N5O4. The highest BCUT2D eigenvalue weighted by atomic mass is 16.5. The van der Waals surface area contributed by atoms with E-state index in [4.69, 9.17) is 29.2 Å². The van der Waals surface area contributed by atoms with E-state index in [9.17, 15) is 4.79 Å². The molecule has 5 rings (SSSR count). The number of hydrogen-bond acceptors (Lipinski definition) is 9. The summed E-state index contributed by atoms with van der Waals surface area (Å²) in [5, 5.41) is 0.904. The number of morpholine rings is 2. The summed E-state index contributed by atoms with van der Waals surface area (Å²) >= 11 is 0. The van der Waals surface area contributed by atoms with Gasteiger partial charge in [0, 0.05) is 25.6 Å². The van der Waals surface area contributed by atoms with Crippen LogP contribution in [-0.4, -0.2) is 79.1 Å². The van der Waals surface area contributed by atoms with Crippen LogP contribution in [0.2, 0.25) is 0 Å². The second-order valence-corrected chi connectivity index (χ2v) is 8.24. The fourth-order valence-corrected chi connectivity index (χ4v) is 4.29. The molecule has 0 unspecified atom stereocenters. The standard InChI is InChI=1S/C22H27N5O4/c1-14-12-29-9-6-26(14)21-17-3-4-18(16-5-8-31-19(28)11-16)23-20(17)24-22(25-21)27-7-10-30-13-15(27)2/h3-4,11,14-15H,5-10,12-13H2,1-2H3/t14-,15-/m0/s1. The lowest BCUT2D eigenvalue weighted by atomic mass is 10.1. The molecule has 2 saturated heterocycles. The third-order valence-corrected chi connectivity index (χ3v) is 6.03. The molecule has 2 aromatic heterocycles. The predicted molar refractivity (Wildman–Crippen MR) is 116 cm³/mol. The average molecular weight is 425 g/mol. The van der Waals surface area contributed by atoms with Crippen molar-refractivity contribution in [3.63, 3.8) is 0 Å². The van der Waals surface area contributed by atoms with E-state index < -0.39 is 0 Å². The topological polar surface area (TPSA) is 89.9 Å². The lowest BCUT2D eigenvalue weighted by Crippen LogP contribution is -2.46. The molecule has 0 spiro atoms. The van der Waals surface area contributed by atoms with E-state index in [2.05, 4.69) is 23.6 Å². The number of nitrogens with zero attached hydrogens (tertiary/aromatic N) is 5. The van der Waals surface area contributed by atoms with Crippen molar-refractivity contribution in [2.75, 3.05) is 55.9 Å². The average Bonchev–Trinajstić information content (AvgIpc) is 2.79. The summed E-state index contributed by atoms with van der Waals surface area (Å²) in [6, 6.07) is 4.35. The van der Waals surface area contributed by atoms with Crippen LogP contribution >= 0.6 is 0 Å². The van der Waals surface area contributed by atoms with Crippen LogP contribution in [0.1, 0.15) is 26.0 Å². The van der Waals surface area contributed by atoms with Gasteiger partial charge in [0.1, 0.15) is 5.82 Å². The maximum atomic E-state index is 11.7. The normalized spacial score (nSPS) is 24.8. The van der Waals surface area contributed by atoms with Gasteiger partial charge >= 0.3 is 5.97 Å². The zero-order valence-corrected chi connectivity index (χ0v) is 17.9. The molecular weight excluding hydrogens is 398 g/mol. The third kappa shape index (κ3) is 3.95. The van der Waals surface area contributed by atoms with Gasteiger partial charge in [0.2, 0.25) is 5.95 Å². The highest BCUT2D eigenvalue weighted by Gasteiger charge is 2.27. The Morgan fingerprint density at radius 3 is 2.39 bits per heavy atom. The number of pyridine rings is 1. The quantitative estimate of drug-likeness (QED) is 0.683. The molecule has 31 heavy (non-hydrogen) atoms. The maximum absolute atomic E-state index is 11.7. The predicted octanol–water partition coefficient (Wildman–Crippen LogP) is 1.81. The summed E-state index contributed by atoms with van der Waals surface area (Å²) < 4.78 is 16.3. The Balaban J connectivity index is 1.63. The fraction of sp³-hybridized carbons (Fsp3) is 0.545. The van der Waals surface area contributed by atoms with Crippen molar-refractivity contribution in [1.29, 1.82) is 0 Å². The molecule has 0 amide bonds. The van der Waals surface area contributed by atoms with Gasteiger partial charge in [-0.3, -0.25) is 0 Å². The largest absolute Gasteiger partial charge is 0.462 e. The van der Waals surface area contributed by atoms with Crippen molar-refractivity contribution < 1.29 is 19.0 Å². The Bertz CT molecular complexity index is 1030. The SMILES string of the molecule is C[C@H]1COCCN1c1nc(N2CCOC[C@@H]2C)c2ccc(C3=CC(=O)OCC3)nc2n1. The summed E-state index contributed by atoms with van der Waals surface area (Å²) in [7, 11) is 0. The molecule has 3 aliphatic heterocycles. The number of carbonyl (C=O) groups excluding carboxylic acids is 1. The summed E-state index contributed by atoms with van der Waals surface area (Å²) in [5.41, 5.74) is 2.26. The monoisotopic (exact) mass is 425 g/mol. The van der Waals surface area contributed by atoms with Gasteiger partial charge < -0.3 is 24.0 Å². The lowest BCUT2D eigenvalue weighted by molar-refractivity contribution is -0.138. The van der Waals surface area contributed by atoms with Crippen molar-refractivity contribution in [2.45, 2.75) is 32.4 Å². The molecule has 0 radical (unpaired) electrons. The molecule has 164 valence electrons. The Morgan fingerprint density at radius 1 is 0.935 bits per heavy atom. The number of anilines is 2. The van der Waals surface area contributed by atoms with Crippen molar-refractivity contribution in [3.05, 3.63) is 23.9 Å². The number of carbonyl (C=O) groups is 1. The first-order valence-electron chi connectivity index (χ1n) is 10.9. The van der Waals surface area contributed by atoms with Gasteiger partial charge in [0.15, 0.2) is 5.65 Å². The summed E-state index contributed by atoms with van der Waals surface area (Å²) in [5.74, 6) is 1.22. The van der Waals surface area contributed by atoms with Crippen LogP contribution in [0.4, 0.5) is 11.8 Å². The number of rotatable bonds is 3. The van der Waals surface area contributed by atoms with E-state index in [1.165, 1.54) is 6.08 Å². The summed E-state index contributed by atoms with van der Waals surface area (Å²) in [6.45, 7) is 8.77. The van der Waals surface area contributed by atoms with Crippen LogP contribution < -0.4 is 9.80 Å². The van der Waals surface area contributed by atoms with Crippen molar-refractivity contribution >= 4 is 34.3 Å². The second-order valence-electron chi connectivity index (χ2n) is 8.24. The first kappa shape index (κ1) is 20.1. The van der Waals surface area contributed by atoms with E-state index in [1.54, 1.807) is 0 Å². The number of fused-ring (bicyclic) bond motifs is 1. The molecule has 2 aromatic rings. The number of aromatic nitrogens is 3. The van der Waals surface area contributed by atoms with E-state index in [0.29, 0.717) is 51.1 Å². The van der Waals surface area contributed by atoms with Crippen LogP contribution in [0.5, 0.6) is 0 Å². The van der Waals surface area contributed by atoms with Crippen LogP contribution in [0.3, 0.4) is 0 Å². The van der Waals surface area contributed by atoms with Crippen LogP contribution in [0, 0.1) is 0 Å². The second kappa shape index (κ2) is 8.39. The van der Waals surface area contributed by atoms with Gasteiger partial charge in [-0.1, -0.05) is 0 Å². The third-order valence-electron chi connectivity index (χ3n) is 6.03. The minimum atomic E-state index is -0.323. The van der Waals surface area contributed by atoms with Crippen molar-refractivity contribution in [2.24, 2.45) is 0 Å². The maximum Gasteiger partial charge on any atom is 0.331 e. The van der Waals surface area contributed by atoms with Gasteiger partial charge in [0.05, 0.1) is 56.2 Å². The Morgan fingerprint density at radius 2 is 1.68 bits per heavy atom. The molecule has 0 aliphatic carbocycles. The van der Waals surface area contributed by atoms with Gasteiger partial charge in [-0.05, 0) is 31.6 Å². The van der Waals surface area contributed by atoms with E-state index in [0.717, 1.165) is 35.6 Å². The molecule has 9 nitrogen and oxygen atoms in total. The molecule has 0 N–H and O–H groups in total. The zero-order valence-electron chi connectivity index (χ0n) is 17.9. The lowest BCUT2D eigenvalue weighted by Gasteiger charge is -2.37. The molecule has 0 saturated carbocycles. The van der Waals surface area contributed by atoms with Crippen molar-refractivity contribution in [1.82, 2.24) is 15.0 Å². The highest BCUT2D eigenvalue weighted by molar-refractivity contribution is 5.94. The molecule has 5 heterocycles. The Kier molecular flexibility index (Phi) is 5.45. The minimum absolute atomic E-state index is 0.181. The van der Waals surface area contributed by atoms with E-state index >= 15 is 0 Å². The molecule has 2 fully saturated rings. The van der Waals surface area contributed by atoms with Crippen LogP contribution in [0.25, 0.3) is 16.6 Å². The van der Waals surface area contributed by atoms with Crippen LogP contribution in [0.15, 0.2) is 18.2 Å². The number of hydrogen-bond donors (Lipinski definition) is 0. The van der Waals surface area contributed by atoms with E-state index in [1.807, 2.05) is 12.1 Å². The number of esters is 1. The summed E-state index contributed by atoms with van der Waals surface area (Å²) in [4.78, 5) is 30.9. The number of cyclic esters (lactones) is 1. The van der Waals surface area contributed by atoms with Crippen LogP contribution in [-0.2, 0) is 19.0 Å². The van der Waals surface area contributed by atoms with Gasteiger partial charge in [-0.2, -0.15) is 9.97 Å². The Labute approximate surface area is 181 Å². The fourth-order valence-electron chi connectivity index (χ4n) is 4.29. The smallest absolute Gasteiger partial charge is 0.331 e. The highest BCUT2D eigenvalue weighted by Crippen LogP contribution is 2.31. The van der Waals surface area contributed by atoms with E-state index in [-0.39, 0.29) is 18.1 Å². The zero-order chi connectivity index (χ0) is 21.4. The first-order valence-corrected chi connectivity index (χ1v) is 10.9. The molecule has 2 atom stereocenters. The molecule has 0 bridgehead atoms. The number of ether oxygens (including phenoxy) is 3. The minimum Gasteiger partial charge on any atom is -0.462 e. The van der Waals surface area contributed by atoms with Gasteiger partial charge in [-0.15, -0.1) is 0 Å². The molecule has 3 aliphatic rings. The van der Waals surface area contributed by atoms with Crippen molar-refractivity contribution in [3.8, 4) is 0 Å². The molecule has 0 aromatic carbocycles. The van der Waals surface area contributed by atoms with Gasteiger partial charge in [-0.25, -0.2) is 9.78 Å². The molecule has 9 heteroatoms. The summed E-state index contributed by atoms with van der Waals surface area (Å²) in [6.07, 6.45) is 2.17. The first-order chi connectivity index (χ1) is 15.1. The van der Waals surface area contributed by atoms with Gasteiger partial charge in [0.25, 0.3) is 0 Å². The Hall–Kier alpha value is -2.78.